The van der Waals surface area contributed by atoms with E-state index in [0.717, 1.165) is 11.1 Å². The maximum atomic E-state index is 11.9. The molecule has 0 saturated heterocycles. The van der Waals surface area contributed by atoms with Crippen LogP contribution in [0.5, 0.6) is 0 Å². The van der Waals surface area contributed by atoms with E-state index in [-0.39, 0.29) is 11.8 Å². The third-order valence-corrected chi connectivity index (χ3v) is 2.72. The Morgan fingerprint density at radius 2 is 1.35 bits per heavy atom. The van der Waals surface area contributed by atoms with Gasteiger partial charge in [-0.1, -0.05) is 17.2 Å². The number of benzene rings is 1. The van der Waals surface area contributed by atoms with E-state index in [1.54, 1.807) is 24.3 Å². The number of aryl methyl sites for hydroxylation is 2. The number of nitrogens with zero attached hydrogens (tertiary/aromatic N) is 1. The van der Waals surface area contributed by atoms with Gasteiger partial charge in [-0.25, -0.2) is 0 Å². The predicted octanol–water partition coefficient (Wildman–Crippen LogP) is 1.77. The van der Waals surface area contributed by atoms with Gasteiger partial charge in [0.25, 0.3) is 11.8 Å². The van der Waals surface area contributed by atoms with Crippen molar-refractivity contribution in [3.63, 3.8) is 0 Å². The smallest absolute Gasteiger partial charge is 0.267 e. The Bertz CT molecular complexity index is 619. The molecule has 2 rings (SSSR count). The van der Waals surface area contributed by atoms with Gasteiger partial charge in [0, 0.05) is 23.5 Å². The fourth-order valence-electron chi connectivity index (χ4n) is 1.87. The molecule has 0 aliphatic heterocycles. The summed E-state index contributed by atoms with van der Waals surface area (Å²) in [5, 5.41) is 0. The topological polar surface area (TPSA) is 71.1 Å². The quantitative estimate of drug-likeness (QED) is 0.816. The van der Waals surface area contributed by atoms with Gasteiger partial charge in [-0.2, -0.15) is 0 Å². The molecule has 0 radical (unpaired) electrons. The van der Waals surface area contributed by atoms with Crippen molar-refractivity contribution in [1.29, 1.82) is 0 Å². The van der Waals surface area contributed by atoms with Crippen LogP contribution in [0, 0.1) is 13.8 Å². The first-order valence-corrected chi connectivity index (χ1v) is 6.15. The van der Waals surface area contributed by atoms with Gasteiger partial charge in [0.05, 0.1) is 0 Å². The number of amides is 2. The molecule has 0 aliphatic rings. The zero-order valence-electron chi connectivity index (χ0n) is 11.3. The molecule has 0 atom stereocenters. The lowest BCUT2D eigenvalue weighted by Crippen LogP contribution is -2.41. The first-order chi connectivity index (χ1) is 9.56. The SMILES string of the molecule is Cc1cc(C)cc(C(=O)NNC(=O)c2ccncc2)c1. The molecule has 5 heteroatoms. The number of hydrazine groups is 1. The Balaban J connectivity index is 2.00. The highest BCUT2D eigenvalue weighted by atomic mass is 16.2. The van der Waals surface area contributed by atoms with Crippen molar-refractivity contribution in [3.8, 4) is 0 Å². The van der Waals surface area contributed by atoms with Gasteiger partial charge in [-0.05, 0) is 38.1 Å². The number of hydrogen-bond donors (Lipinski definition) is 2. The van der Waals surface area contributed by atoms with E-state index in [1.807, 2.05) is 19.9 Å². The van der Waals surface area contributed by atoms with Gasteiger partial charge in [-0.3, -0.25) is 25.4 Å². The van der Waals surface area contributed by atoms with Crippen LogP contribution in [0.15, 0.2) is 42.7 Å². The van der Waals surface area contributed by atoms with Crippen LogP contribution in [0.1, 0.15) is 31.8 Å². The molecule has 1 aromatic carbocycles. The molecule has 0 saturated carbocycles. The summed E-state index contributed by atoms with van der Waals surface area (Å²) in [5.74, 6) is -0.732. The second-order valence-corrected chi connectivity index (χ2v) is 4.52. The van der Waals surface area contributed by atoms with Gasteiger partial charge in [0.1, 0.15) is 0 Å². The second kappa shape index (κ2) is 5.97. The normalized spacial score (nSPS) is 9.90. The standard InChI is InChI=1S/C15H15N3O2/c1-10-7-11(2)9-13(8-10)15(20)18-17-14(19)12-3-5-16-6-4-12/h3-9H,1-2H3,(H,17,19)(H,18,20). The minimum Gasteiger partial charge on any atom is -0.267 e. The van der Waals surface area contributed by atoms with E-state index in [1.165, 1.54) is 12.4 Å². The van der Waals surface area contributed by atoms with Crippen LogP contribution in [0.3, 0.4) is 0 Å². The second-order valence-electron chi connectivity index (χ2n) is 4.52. The number of rotatable bonds is 2. The van der Waals surface area contributed by atoms with E-state index in [2.05, 4.69) is 15.8 Å². The molecule has 2 aromatic rings. The minimum absolute atomic E-state index is 0.348. The summed E-state index contributed by atoms with van der Waals surface area (Å²) in [7, 11) is 0. The Morgan fingerprint density at radius 1 is 0.850 bits per heavy atom. The molecule has 2 N–H and O–H groups in total. The van der Waals surface area contributed by atoms with Gasteiger partial charge in [-0.15, -0.1) is 0 Å². The highest BCUT2D eigenvalue weighted by molar-refractivity contribution is 5.99. The summed E-state index contributed by atoms with van der Waals surface area (Å²) in [6.45, 7) is 3.83. The summed E-state index contributed by atoms with van der Waals surface area (Å²) < 4.78 is 0. The Kier molecular flexibility index (Phi) is 4.10. The molecule has 5 nitrogen and oxygen atoms in total. The summed E-state index contributed by atoms with van der Waals surface area (Å²) in [6, 6.07) is 8.64. The first-order valence-electron chi connectivity index (χ1n) is 6.15. The summed E-state index contributed by atoms with van der Waals surface area (Å²) in [6.07, 6.45) is 3.03. The van der Waals surface area contributed by atoms with E-state index in [0.29, 0.717) is 11.1 Å². The van der Waals surface area contributed by atoms with Crippen molar-refractivity contribution < 1.29 is 9.59 Å². The lowest BCUT2D eigenvalue weighted by atomic mass is 10.1. The largest absolute Gasteiger partial charge is 0.269 e. The van der Waals surface area contributed by atoms with Crippen LogP contribution in [0.2, 0.25) is 0 Å². The van der Waals surface area contributed by atoms with E-state index in [9.17, 15) is 9.59 Å². The monoisotopic (exact) mass is 269 g/mol. The average Bonchev–Trinajstić information content (AvgIpc) is 2.44. The van der Waals surface area contributed by atoms with Gasteiger partial charge in [0.2, 0.25) is 0 Å². The molecule has 0 unspecified atom stereocenters. The maximum Gasteiger partial charge on any atom is 0.269 e. The van der Waals surface area contributed by atoms with Crippen molar-refractivity contribution in [2.24, 2.45) is 0 Å². The fourth-order valence-corrected chi connectivity index (χ4v) is 1.87. The molecule has 1 aromatic heterocycles. The molecule has 0 spiro atoms. The Labute approximate surface area is 117 Å². The summed E-state index contributed by atoms with van der Waals surface area (Å²) in [5.41, 5.74) is 7.70. The molecule has 1 heterocycles. The summed E-state index contributed by atoms with van der Waals surface area (Å²) >= 11 is 0. The van der Waals surface area contributed by atoms with Crippen LogP contribution in [-0.2, 0) is 0 Å². The number of carbonyl (C=O) groups is 2. The number of aromatic nitrogens is 1. The molecule has 2 amide bonds. The zero-order chi connectivity index (χ0) is 14.5. The van der Waals surface area contributed by atoms with E-state index in [4.69, 9.17) is 0 Å². The fraction of sp³-hybridized carbons (Fsp3) is 0.133. The van der Waals surface area contributed by atoms with Gasteiger partial charge < -0.3 is 0 Å². The molecule has 102 valence electrons. The van der Waals surface area contributed by atoms with E-state index < -0.39 is 0 Å². The van der Waals surface area contributed by atoms with Gasteiger partial charge >= 0.3 is 0 Å². The van der Waals surface area contributed by atoms with Crippen molar-refractivity contribution in [3.05, 3.63) is 65.0 Å². The number of pyridine rings is 1. The molecule has 0 fully saturated rings. The third kappa shape index (κ3) is 3.41. The highest BCUT2D eigenvalue weighted by Crippen LogP contribution is 2.08. The molecular formula is C15H15N3O2. The average molecular weight is 269 g/mol. The predicted molar refractivity (Wildman–Crippen MR) is 75.1 cm³/mol. The zero-order valence-corrected chi connectivity index (χ0v) is 11.3. The minimum atomic E-state index is -0.384. The number of nitrogens with one attached hydrogen (secondary N) is 2. The Morgan fingerprint density at radius 3 is 1.90 bits per heavy atom. The molecular weight excluding hydrogens is 254 g/mol. The van der Waals surface area contributed by atoms with Crippen molar-refractivity contribution in [2.75, 3.05) is 0 Å². The van der Waals surface area contributed by atoms with Crippen LogP contribution < -0.4 is 10.9 Å². The maximum absolute atomic E-state index is 11.9. The molecule has 20 heavy (non-hydrogen) atoms. The number of hydrogen-bond acceptors (Lipinski definition) is 3. The molecule has 0 bridgehead atoms. The van der Waals surface area contributed by atoms with E-state index >= 15 is 0 Å². The lowest BCUT2D eigenvalue weighted by molar-refractivity contribution is 0.0846. The summed E-state index contributed by atoms with van der Waals surface area (Å²) in [4.78, 5) is 27.5. The van der Waals surface area contributed by atoms with Crippen LogP contribution in [0.4, 0.5) is 0 Å². The van der Waals surface area contributed by atoms with Crippen molar-refractivity contribution in [2.45, 2.75) is 13.8 Å². The van der Waals surface area contributed by atoms with Crippen molar-refractivity contribution >= 4 is 11.8 Å². The van der Waals surface area contributed by atoms with Gasteiger partial charge in [0.15, 0.2) is 0 Å². The highest BCUT2D eigenvalue weighted by Gasteiger charge is 2.09. The van der Waals surface area contributed by atoms with Crippen molar-refractivity contribution in [1.82, 2.24) is 15.8 Å². The number of carbonyl (C=O) groups excluding carboxylic acids is 2. The first kappa shape index (κ1) is 13.7. The Hall–Kier alpha value is -2.69. The van der Waals surface area contributed by atoms with Crippen LogP contribution in [0.25, 0.3) is 0 Å². The lowest BCUT2D eigenvalue weighted by Gasteiger charge is -2.08. The third-order valence-electron chi connectivity index (χ3n) is 2.72. The molecule has 0 aliphatic carbocycles. The van der Waals surface area contributed by atoms with Crippen LogP contribution in [-0.4, -0.2) is 16.8 Å². The van der Waals surface area contributed by atoms with Crippen LogP contribution >= 0.6 is 0 Å².